The predicted molar refractivity (Wildman–Crippen MR) is 85.1 cm³/mol. The summed E-state index contributed by atoms with van der Waals surface area (Å²) in [4.78, 5) is 11.7. The molecular formula is C18H25NO3. The third kappa shape index (κ3) is 4.01. The van der Waals surface area contributed by atoms with Gasteiger partial charge in [0.1, 0.15) is 11.9 Å². The summed E-state index contributed by atoms with van der Waals surface area (Å²) in [7, 11) is 1.46. The van der Waals surface area contributed by atoms with Crippen molar-refractivity contribution in [3.8, 4) is 5.75 Å². The van der Waals surface area contributed by atoms with E-state index in [0.717, 1.165) is 31.7 Å². The molecule has 0 amide bonds. The van der Waals surface area contributed by atoms with Crippen molar-refractivity contribution < 1.29 is 14.3 Å². The summed E-state index contributed by atoms with van der Waals surface area (Å²) in [5, 5.41) is 3.35. The second kappa shape index (κ2) is 7.14. The van der Waals surface area contributed by atoms with Crippen molar-refractivity contribution >= 4 is 5.97 Å². The molecule has 0 aromatic heterocycles. The Bertz CT molecular complexity index is 507. The first kappa shape index (κ1) is 15.3. The first-order valence-electron chi connectivity index (χ1n) is 8.30. The number of piperidine rings is 1. The number of benzene rings is 1. The number of hydrogen-bond donors (Lipinski definition) is 1. The van der Waals surface area contributed by atoms with E-state index < -0.39 is 0 Å². The second-order valence-electron chi connectivity index (χ2n) is 6.36. The van der Waals surface area contributed by atoms with E-state index in [1.54, 1.807) is 0 Å². The van der Waals surface area contributed by atoms with Crippen LogP contribution in [-0.2, 0) is 9.53 Å². The lowest BCUT2D eigenvalue weighted by molar-refractivity contribution is -0.141. The minimum atomic E-state index is -0.124. The van der Waals surface area contributed by atoms with E-state index in [2.05, 4.69) is 17.4 Å². The molecule has 2 fully saturated rings. The Kier molecular flexibility index (Phi) is 4.98. The zero-order valence-electron chi connectivity index (χ0n) is 13.2. The van der Waals surface area contributed by atoms with Crippen LogP contribution in [-0.4, -0.2) is 32.3 Å². The third-order valence-corrected chi connectivity index (χ3v) is 4.68. The molecule has 1 aliphatic carbocycles. The number of methoxy groups -OCH3 is 1. The van der Waals surface area contributed by atoms with E-state index in [0.29, 0.717) is 18.4 Å². The molecule has 1 aliphatic heterocycles. The lowest BCUT2D eigenvalue weighted by Gasteiger charge is -2.24. The number of nitrogens with one attached hydrogen (secondary N) is 1. The van der Waals surface area contributed by atoms with Crippen molar-refractivity contribution in [1.29, 1.82) is 0 Å². The monoisotopic (exact) mass is 303 g/mol. The highest BCUT2D eigenvalue weighted by atomic mass is 16.5. The molecule has 1 saturated carbocycles. The molecule has 0 bridgehead atoms. The van der Waals surface area contributed by atoms with Gasteiger partial charge in [-0.3, -0.25) is 4.79 Å². The molecule has 120 valence electrons. The van der Waals surface area contributed by atoms with Crippen LogP contribution in [0, 0.1) is 5.92 Å². The van der Waals surface area contributed by atoms with E-state index in [-0.39, 0.29) is 11.9 Å². The van der Waals surface area contributed by atoms with Gasteiger partial charge in [0.2, 0.25) is 0 Å². The van der Waals surface area contributed by atoms with Gasteiger partial charge in [0.25, 0.3) is 0 Å². The Hall–Kier alpha value is -1.55. The molecule has 4 heteroatoms. The van der Waals surface area contributed by atoms with Crippen molar-refractivity contribution in [2.45, 2.75) is 44.1 Å². The Labute approximate surface area is 132 Å². The lowest BCUT2D eigenvalue weighted by atomic mass is 9.91. The highest BCUT2D eigenvalue weighted by Crippen LogP contribution is 2.45. The van der Waals surface area contributed by atoms with Crippen LogP contribution in [0.3, 0.4) is 0 Å². The zero-order chi connectivity index (χ0) is 15.4. The van der Waals surface area contributed by atoms with Crippen molar-refractivity contribution in [3.63, 3.8) is 0 Å². The Morgan fingerprint density at radius 3 is 2.73 bits per heavy atom. The normalized spacial score (nSPS) is 20.4. The first-order valence-corrected chi connectivity index (χ1v) is 8.30. The highest BCUT2D eigenvalue weighted by molar-refractivity contribution is 5.70. The van der Waals surface area contributed by atoms with Crippen LogP contribution in [0.4, 0.5) is 0 Å². The quantitative estimate of drug-likeness (QED) is 0.821. The summed E-state index contributed by atoms with van der Waals surface area (Å²) in [6.45, 7) is 2.05. The van der Waals surface area contributed by atoms with Gasteiger partial charge in [0, 0.05) is 0 Å². The summed E-state index contributed by atoms with van der Waals surface area (Å²) in [5.41, 5.74) is 1.21. The minimum absolute atomic E-state index is 0.124. The van der Waals surface area contributed by atoms with Crippen molar-refractivity contribution in [1.82, 2.24) is 5.32 Å². The minimum Gasteiger partial charge on any atom is -0.490 e. The number of esters is 1. The summed E-state index contributed by atoms with van der Waals surface area (Å²) in [5.74, 6) is 1.69. The molecule has 0 spiro atoms. The third-order valence-electron chi connectivity index (χ3n) is 4.68. The van der Waals surface area contributed by atoms with Gasteiger partial charge < -0.3 is 14.8 Å². The lowest BCUT2D eigenvalue weighted by Crippen LogP contribution is -2.34. The van der Waals surface area contributed by atoms with Crippen molar-refractivity contribution in [2.24, 2.45) is 5.92 Å². The van der Waals surface area contributed by atoms with Gasteiger partial charge >= 0.3 is 5.97 Å². The van der Waals surface area contributed by atoms with E-state index in [1.807, 2.05) is 12.1 Å². The van der Waals surface area contributed by atoms with Crippen LogP contribution in [0.2, 0.25) is 0 Å². The zero-order valence-corrected chi connectivity index (χ0v) is 13.2. The summed E-state index contributed by atoms with van der Waals surface area (Å²) >= 11 is 0. The van der Waals surface area contributed by atoms with Crippen LogP contribution in [0.25, 0.3) is 0 Å². The molecule has 1 heterocycles. The molecule has 3 rings (SSSR count). The number of carbonyl (C=O) groups excluding carboxylic acids is 1. The Balaban J connectivity index is 1.69. The molecule has 1 aromatic rings. The molecule has 2 aliphatic rings. The van der Waals surface area contributed by atoms with Crippen LogP contribution in [0.15, 0.2) is 24.3 Å². The summed E-state index contributed by atoms with van der Waals surface area (Å²) < 4.78 is 11.0. The fraction of sp³-hybridized carbons (Fsp3) is 0.611. The molecule has 22 heavy (non-hydrogen) atoms. The van der Waals surface area contributed by atoms with Gasteiger partial charge in [-0.05, 0) is 68.3 Å². The average molecular weight is 303 g/mol. The van der Waals surface area contributed by atoms with Gasteiger partial charge in [0.05, 0.1) is 13.5 Å². The average Bonchev–Trinajstić information content (AvgIpc) is 3.38. The van der Waals surface area contributed by atoms with Crippen LogP contribution >= 0.6 is 0 Å². The van der Waals surface area contributed by atoms with Gasteiger partial charge in [-0.25, -0.2) is 0 Å². The topological polar surface area (TPSA) is 47.6 Å². The van der Waals surface area contributed by atoms with Crippen molar-refractivity contribution in [2.75, 3.05) is 20.2 Å². The second-order valence-corrected chi connectivity index (χ2v) is 6.36. The maximum Gasteiger partial charge on any atom is 0.306 e. The molecule has 1 unspecified atom stereocenters. The molecule has 4 nitrogen and oxygen atoms in total. The fourth-order valence-corrected chi connectivity index (χ4v) is 3.24. The van der Waals surface area contributed by atoms with Crippen LogP contribution < -0.4 is 10.1 Å². The van der Waals surface area contributed by atoms with Gasteiger partial charge in [-0.2, -0.15) is 0 Å². The predicted octanol–water partition coefficient (Wildman–Crippen LogP) is 2.87. The van der Waals surface area contributed by atoms with E-state index in [1.165, 1.54) is 25.5 Å². The molecule has 1 atom stereocenters. The van der Waals surface area contributed by atoms with Gasteiger partial charge in [-0.15, -0.1) is 0 Å². The maximum absolute atomic E-state index is 11.7. The molecule has 0 radical (unpaired) electrons. The van der Waals surface area contributed by atoms with Crippen molar-refractivity contribution in [3.05, 3.63) is 29.8 Å². The van der Waals surface area contributed by atoms with E-state index in [9.17, 15) is 4.79 Å². The Morgan fingerprint density at radius 2 is 2.05 bits per heavy atom. The number of rotatable bonds is 6. The molecule has 1 saturated heterocycles. The van der Waals surface area contributed by atoms with Crippen LogP contribution in [0.5, 0.6) is 5.75 Å². The van der Waals surface area contributed by atoms with E-state index in [4.69, 9.17) is 9.47 Å². The summed E-state index contributed by atoms with van der Waals surface area (Å²) in [6, 6.07) is 8.29. The summed E-state index contributed by atoms with van der Waals surface area (Å²) in [6.07, 6.45) is 5.30. The smallest absolute Gasteiger partial charge is 0.306 e. The highest BCUT2D eigenvalue weighted by Gasteiger charge is 2.34. The first-order chi connectivity index (χ1) is 10.8. The Morgan fingerprint density at radius 1 is 1.27 bits per heavy atom. The molecule has 1 aromatic carbocycles. The number of hydrogen-bond acceptors (Lipinski definition) is 4. The fourth-order valence-electron chi connectivity index (χ4n) is 3.24. The molecular weight excluding hydrogens is 278 g/mol. The van der Waals surface area contributed by atoms with Gasteiger partial charge in [0.15, 0.2) is 0 Å². The maximum atomic E-state index is 11.7. The molecule has 1 N–H and O–H groups in total. The standard InChI is InChI=1S/C18H25NO3/c1-21-18(20)12-17(13-5-6-13)14-3-2-4-16(11-14)22-15-7-9-19-10-8-15/h2-4,11,13,15,17,19H,5-10,12H2,1H3. The number of carbonyl (C=O) groups is 1. The van der Waals surface area contributed by atoms with Crippen LogP contribution in [0.1, 0.15) is 43.6 Å². The van der Waals surface area contributed by atoms with Gasteiger partial charge in [-0.1, -0.05) is 12.1 Å². The largest absolute Gasteiger partial charge is 0.490 e. The van der Waals surface area contributed by atoms with E-state index >= 15 is 0 Å². The number of ether oxygens (including phenoxy) is 2. The SMILES string of the molecule is COC(=O)CC(c1cccc(OC2CCNCC2)c1)C1CC1.